The van der Waals surface area contributed by atoms with Crippen LogP contribution in [0.5, 0.6) is 0 Å². The molecule has 0 spiro atoms. The maximum atomic E-state index is 11.3. The van der Waals surface area contributed by atoms with Crippen molar-refractivity contribution in [3.8, 4) is 0 Å². The van der Waals surface area contributed by atoms with E-state index in [1.807, 2.05) is 0 Å². The van der Waals surface area contributed by atoms with Crippen LogP contribution in [0.3, 0.4) is 0 Å². The van der Waals surface area contributed by atoms with Gasteiger partial charge in [-0.3, -0.25) is 0 Å². The first-order chi connectivity index (χ1) is 6.99. The molecule has 5 heteroatoms. The first kappa shape index (κ1) is 14.3. The molecule has 0 saturated heterocycles. The molecule has 0 aliphatic carbocycles. The summed E-state index contributed by atoms with van der Waals surface area (Å²) >= 11 is 0. The second-order valence-corrected chi connectivity index (χ2v) is 4.17. The Bertz CT molecular complexity index is 271. The molecule has 0 aromatic carbocycles. The Morgan fingerprint density at radius 2 is 1.40 bits per heavy atom. The summed E-state index contributed by atoms with van der Waals surface area (Å²) in [5.74, 6) is 0. The zero-order chi connectivity index (χ0) is 11.9. The maximum Gasteiger partial charge on any atom is 0.401 e. The molecule has 0 fully saturated rings. The average Bonchev–Trinajstić information content (AvgIpc) is 2.22. The highest BCUT2D eigenvalue weighted by Gasteiger charge is 2.20. The van der Waals surface area contributed by atoms with Crippen LogP contribution >= 0.6 is 0 Å². The van der Waals surface area contributed by atoms with E-state index in [-0.39, 0.29) is 0 Å². The number of rotatable bonds is 8. The Kier molecular flexibility index (Phi) is 6.47. The largest absolute Gasteiger partial charge is 0.401 e. The first-order valence-corrected chi connectivity index (χ1v) is 6.19. The van der Waals surface area contributed by atoms with Crippen molar-refractivity contribution in [1.29, 1.82) is 0 Å². The van der Waals surface area contributed by atoms with Gasteiger partial charge in [-0.15, -0.1) is 13.2 Å². The fraction of sp³-hybridized carbons (Fsp3) is 0.600. The average molecular weight is 234 g/mol. The van der Waals surface area contributed by atoms with E-state index >= 15 is 0 Å². The molecule has 0 radical (unpaired) electrons. The van der Waals surface area contributed by atoms with Crippen LogP contribution in [0.4, 0.5) is 0 Å². The normalized spacial score (nSPS) is 15.6. The Balaban J connectivity index is 4.41. The lowest BCUT2D eigenvalue weighted by Gasteiger charge is -2.14. The Labute approximate surface area is 91.9 Å². The van der Waals surface area contributed by atoms with Gasteiger partial charge in [-0.1, -0.05) is 26.0 Å². The summed E-state index contributed by atoms with van der Waals surface area (Å²) in [6, 6.07) is 0. The molecule has 2 unspecified atom stereocenters. The van der Waals surface area contributed by atoms with E-state index in [1.54, 1.807) is 13.8 Å². The lowest BCUT2D eigenvalue weighted by Crippen LogP contribution is -2.22. The van der Waals surface area contributed by atoms with Gasteiger partial charge in [-0.25, -0.2) is 8.37 Å². The van der Waals surface area contributed by atoms with E-state index in [4.69, 9.17) is 8.37 Å². The molecule has 15 heavy (non-hydrogen) atoms. The van der Waals surface area contributed by atoms with E-state index in [2.05, 4.69) is 13.2 Å². The quantitative estimate of drug-likeness (QED) is 0.604. The highest BCUT2D eigenvalue weighted by atomic mass is 32.3. The van der Waals surface area contributed by atoms with Crippen molar-refractivity contribution in [2.24, 2.45) is 0 Å². The molecule has 0 aromatic heterocycles. The van der Waals surface area contributed by atoms with Gasteiger partial charge < -0.3 is 0 Å². The standard InChI is InChI=1S/C10H18O4S/c1-5-9(6-2)13-15(11,12)14-10(7-3)8-4/h5,7,9-10H,1,3,6,8H2,2,4H3. The van der Waals surface area contributed by atoms with Crippen LogP contribution in [0.2, 0.25) is 0 Å². The van der Waals surface area contributed by atoms with E-state index in [0.29, 0.717) is 12.8 Å². The van der Waals surface area contributed by atoms with Gasteiger partial charge in [0.25, 0.3) is 0 Å². The Morgan fingerprint density at radius 1 is 1.07 bits per heavy atom. The van der Waals surface area contributed by atoms with Gasteiger partial charge in [0, 0.05) is 0 Å². The van der Waals surface area contributed by atoms with Gasteiger partial charge in [-0.05, 0) is 12.8 Å². The maximum absolute atomic E-state index is 11.3. The fourth-order valence-corrected chi connectivity index (χ4v) is 1.95. The van der Waals surface area contributed by atoms with E-state index in [0.717, 1.165) is 0 Å². The first-order valence-electron chi connectivity index (χ1n) is 4.85. The molecule has 0 bridgehead atoms. The molecule has 0 aliphatic rings. The van der Waals surface area contributed by atoms with Gasteiger partial charge in [0.05, 0.1) is 12.2 Å². The van der Waals surface area contributed by atoms with Crippen molar-refractivity contribution in [3.63, 3.8) is 0 Å². The van der Waals surface area contributed by atoms with Crippen molar-refractivity contribution < 1.29 is 16.8 Å². The zero-order valence-electron chi connectivity index (χ0n) is 9.18. The molecule has 88 valence electrons. The minimum atomic E-state index is -3.97. The molecule has 0 saturated carbocycles. The lowest BCUT2D eigenvalue weighted by atomic mass is 10.3. The number of hydrogen-bond acceptors (Lipinski definition) is 4. The van der Waals surface area contributed by atoms with Crippen molar-refractivity contribution >= 4 is 10.4 Å². The molecule has 0 aromatic rings. The molecule has 2 atom stereocenters. The van der Waals surface area contributed by atoms with E-state index < -0.39 is 22.6 Å². The van der Waals surface area contributed by atoms with Crippen LogP contribution in [-0.2, 0) is 18.8 Å². The molecule has 0 N–H and O–H groups in total. The molecular formula is C10H18O4S. The summed E-state index contributed by atoms with van der Waals surface area (Å²) in [6.45, 7) is 10.5. The Morgan fingerprint density at radius 3 is 1.60 bits per heavy atom. The minimum Gasteiger partial charge on any atom is -0.241 e. The van der Waals surface area contributed by atoms with Crippen LogP contribution in [0.1, 0.15) is 26.7 Å². The van der Waals surface area contributed by atoms with Gasteiger partial charge in [0.2, 0.25) is 0 Å². The lowest BCUT2D eigenvalue weighted by molar-refractivity contribution is 0.157. The predicted octanol–water partition coefficient (Wildman–Crippen LogP) is 2.19. The van der Waals surface area contributed by atoms with Gasteiger partial charge >= 0.3 is 10.4 Å². The third-order valence-corrected chi connectivity index (χ3v) is 2.78. The molecule has 0 heterocycles. The topological polar surface area (TPSA) is 52.6 Å². The highest BCUT2D eigenvalue weighted by Crippen LogP contribution is 2.11. The van der Waals surface area contributed by atoms with Gasteiger partial charge in [0.15, 0.2) is 0 Å². The summed E-state index contributed by atoms with van der Waals surface area (Å²) < 4.78 is 32.2. The Hall–Kier alpha value is -0.650. The second-order valence-electron chi connectivity index (χ2n) is 2.97. The summed E-state index contributed by atoms with van der Waals surface area (Å²) in [6.07, 6.45) is 2.81. The summed E-state index contributed by atoms with van der Waals surface area (Å²) in [4.78, 5) is 0. The van der Waals surface area contributed by atoms with Crippen LogP contribution < -0.4 is 0 Å². The SMILES string of the molecule is C=CC(CC)OS(=O)(=O)OC(C=C)CC. The third-order valence-electron chi connectivity index (χ3n) is 1.81. The molecule has 0 rings (SSSR count). The van der Waals surface area contributed by atoms with E-state index in [9.17, 15) is 8.42 Å². The van der Waals surface area contributed by atoms with E-state index in [1.165, 1.54) is 12.2 Å². The van der Waals surface area contributed by atoms with Crippen LogP contribution in [-0.4, -0.2) is 20.6 Å². The molecule has 0 amide bonds. The molecular weight excluding hydrogens is 216 g/mol. The fourth-order valence-electron chi connectivity index (χ4n) is 0.873. The van der Waals surface area contributed by atoms with Crippen LogP contribution in [0, 0.1) is 0 Å². The van der Waals surface area contributed by atoms with Crippen LogP contribution in [0.25, 0.3) is 0 Å². The van der Waals surface area contributed by atoms with Crippen LogP contribution in [0.15, 0.2) is 25.3 Å². The summed E-state index contributed by atoms with van der Waals surface area (Å²) in [7, 11) is -3.97. The number of hydrogen-bond donors (Lipinski definition) is 0. The highest BCUT2D eigenvalue weighted by molar-refractivity contribution is 7.81. The van der Waals surface area contributed by atoms with Gasteiger partial charge in [0.1, 0.15) is 0 Å². The van der Waals surface area contributed by atoms with Crippen molar-refractivity contribution in [2.75, 3.05) is 0 Å². The van der Waals surface area contributed by atoms with Crippen molar-refractivity contribution in [1.82, 2.24) is 0 Å². The summed E-state index contributed by atoms with van der Waals surface area (Å²) in [5.41, 5.74) is 0. The van der Waals surface area contributed by atoms with Crippen molar-refractivity contribution in [2.45, 2.75) is 38.9 Å². The van der Waals surface area contributed by atoms with Crippen molar-refractivity contribution in [3.05, 3.63) is 25.3 Å². The molecule has 4 nitrogen and oxygen atoms in total. The third kappa shape index (κ3) is 5.71. The summed E-state index contributed by atoms with van der Waals surface area (Å²) in [5, 5.41) is 0. The smallest absolute Gasteiger partial charge is 0.241 e. The minimum absolute atomic E-state index is 0.525. The van der Waals surface area contributed by atoms with Gasteiger partial charge in [-0.2, -0.15) is 8.42 Å². The molecule has 0 aliphatic heterocycles. The predicted molar refractivity (Wildman–Crippen MR) is 59.6 cm³/mol. The zero-order valence-corrected chi connectivity index (χ0v) is 10.00. The second kappa shape index (κ2) is 6.76. The monoisotopic (exact) mass is 234 g/mol.